The molecule has 4 rings (SSSR count). The first-order valence-electron chi connectivity index (χ1n) is 10.9. The molecule has 0 radical (unpaired) electrons. The molecule has 2 heterocycles. The van der Waals surface area contributed by atoms with Crippen LogP contribution in [0.25, 0.3) is 22.3 Å². The molecule has 0 saturated heterocycles. The Morgan fingerprint density at radius 2 is 1.74 bits per heavy atom. The number of fused-ring (bicyclic) bond motifs is 1. The molecule has 0 aliphatic carbocycles. The maximum absolute atomic E-state index is 13.2. The molecule has 10 nitrogen and oxygen atoms in total. The zero-order valence-corrected chi connectivity index (χ0v) is 19.3. The highest BCUT2D eigenvalue weighted by atomic mass is 16.6. The Balaban J connectivity index is 1.64. The van der Waals surface area contributed by atoms with E-state index in [2.05, 4.69) is 10.4 Å². The third-order valence-electron chi connectivity index (χ3n) is 5.36. The van der Waals surface area contributed by atoms with Gasteiger partial charge < -0.3 is 10.1 Å². The summed E-state index contributed by atoms with van der Waals surface area (Å²) in [6, 6.07) is 16.7. The number of rotatable bonds is 7. The number of carbonyl (C=O) groups excluding carboxylic acids is 2. The lowest BCUT2D eigenvalue weighted by Crippen LogP contribution is -2.30. The normalized spacial score (nSPS) is 11.9. The fraction of sp³-hybridized carbons (Fsp3) is 0.200. The van der Waals surface area contributed by atoms with Gasteiger partial charge in [0.05, 0.1) is 27.8 Å². The van der Waals surface area contributed by atoms with Crippen molar-refractivity contribution in [1.29, 1.82) is 0 Å². The number of benzene rings is 2. The van der Waals surface area contributed by atoms with Gasteiger partial charge in [-0.25, -0.2) is 14.5 Å². The van der Waals surface area contributed by atoms with Gasteiger partial charge >= 0.3 is 5.97 Å². The third kappa shape index (κ3) is 4.86. The monoisotopic (exact) mass is 473 g/mol. The highest BCUT2D eigenvalue weighted by molar-refractivity contribution is 6.05. The summed E-state index contributed by atoms with van der Waals surface area (Å²) in [6.45, 7) is 5.31. The number of nitro groups is 1. The zero-order chi connectivity index (χ0) is 25.1. The molecule has 0 fully saturated rings. The van der Waals surface area contributed by atoms with Gasteiger partial charge in [0, 0.05) is 17.7 Å². The summed E-state index contributed by atoms with van der Waals surface area (Å²) in [5.74, 6) is -1.43. The summed E-state index contributed by atoms with van der Waals surface area (Å²) in [5, 5.41) is 18.5. The standard InChI is InChI=1S/C25H23N5O5/c1-15(2)29-23-19(14-26-29)18(13-21(27-23)17-9-5-4-6-10-17)25(32)35-16(3)24(31)28-20-11-7-8-12-22(20)30(33)34/h4-16H,1-3H3,(H,28,31). The number of nitro benzene ring substituents is 1. The molecule has 35 heavy (non-hydrogen) atoms. The van der Waals surface area contributed by atoms with Crippen LogP contribution in [0.3, 0.4) is 0 Å². The lowest BCUT2D eigenvalue weighted by Gasteiger charge is -2.15. The second kappa shape index (κ2) is 9.72. The number of nitrogens with one attached hydrogen (secondary N) is 1. The molecule has 0 bridgehead atoms. The minimum atomic E-state index is -1.22. The van der Waals surface area contributed by atoms with Gasteiger partial charge in [-0.05, 0) is 32.9 Å². The number of amides is 1. The molecular formula is C25H23N5O5. The van der Waals surface area contributed by atoms with Crippen molar-refractivity contribution >= 4 is 34.3 Å². The van der Waals surface area contributed by atoms with Crippen LogP contribution in [0, 0.1) is 10.1 Å². The molecule has 1 amide bonds. The van der Waals surface area contributed by atoms with Crippen LogP contribution >= 0.6 is 0 Å². The largest absolute Gasteiger partial charge is 0.449 e. The Morgan fingerprint density at radius 1 is 1.06 bits per heavy atom. The third-order valence-corrected chi connectivity index (χ3v) is 5.36. The molecule has 1 unspecified atom stereocenters. The highest BCUT2D eigenvalue weighted by Crippen LogP contribution is 2.27. The Bertz CT molecular complexity index is 1410. The number of anilines is 1. The van der Waals surface area contributed by atoms with Crippen LogP contribution in [0.5, 0.6) is 0 Å². The minimum absolute atomic E-state index is 0.00117. The Morgan fingerprint density at radius 3 is 2.43 bits per heavy atom. The first-order valence-corrected chi connectivity index (χ1v) is 10.9. The van der Waals surface area contributed by atoms with Crippen LogP contribution in [0.15, 0.2) is 66.9 Å². The summed E-state index contributed by atoms with van der Waals surface area (Å²) >= 11 is 0. The van der Waals surface area contributed by atoms with Crippen LogP contribution < -0.4 is 5.32 Å². The van der Waals surface area contributed by atoms with Crippen molar-refractivity contribution in [2.75, 3.05) is 5.32 Å². The summed E-state index contributed by atoms with van der Waals surface area (Å²) in [7, 11) is 0. The summed E-state index contributed by atoms with van der Waals surface area (Å²) in [5.41, 5.74) is 1.85. The van der Waals surface area contributed by atoms with Crippen molar-refractivity contribution in [3.63, 3.8) is 0 Å². The van der Waals surface area contributed by atoms with Crippen LogP contribution in [0.2, 0.25) is 0 Å². The topological polar surface area (TPSA) is 129 Å². The first-order chi connectivity index (χ1) is 16.8. The molecule has 1 N–H and O–H groups in total. The maximum Gasteiger partial charge on any atom is 0.339 e. The van der Waals surface area contributed by atoms with Crippen LogP contribution in [-0.2, 0) is 9.53 Å². The fourth-order valence-corrected chi connectivity index (χ4v) is 3.57. The van der Waals surface area contributed by atoms with E-state index in [1.165, 1.54) is 25.1 Å². The van der Waals surface area contributed by atoms with Crippen LogP contribution in [-0.4, -0.2) is 37.7 Å². The van der Waals surface area contributed by atoms with E-state index in [1.54, 1.807) is 23.0 Å². The van der Waals surface area contributed by atoms with E-state index in [0.29, 0.717) is 16.7 Å². The zero-order valence-electron chi connectivity index (χ0n) is 19.3. The van der Waals surface area contributed by atoms with Gasteiger partial charge in [0.15, 0.2) is 11.8 Å². The number of para-hydroxylation sites is 2. The second-order valence-electron chi connectivity index (χ2n) is 8.15. The molecule has 0 aliphatic heterocycles. The molecule has 2 aromatic carbocycles. The van der Waals surface area contributed by atoms with E-state index < -0.39 is 22.9 Å². The van der Waals surface area contributed by atoms with Gasteiger partial charge in [-0.2, -0.15) is 5.10 Å². The molecule has 0 saturated carbocycles. The summed E-state index contributed by atoms with van der Waals surface area (Å²) in [4.78, 5) is 41.2. The number of carbonyl (C=O) groups is 2. The van der Waals surface area contributed by atoms with Crippen molar-refractivity contribution in [2.45, 2.75) is 32.9 Å². The Kier molecular flexibility index (Phi) is 6.54. The number of hydrogen-bond acceptors (Lipinski definition) is 7. The van der Waals surface area contributed by atoms with E-state index >= 15 is 0 Å². The smallest absolute Gasteiger partial charge is 0.339 e. The number of esters is 1. The minimum Gasteiger partial charge on any atom is -0.449 e. The van der Waals surface area contributed by atoms with Crippen molar-refractivity contribution < 1.29 is 19.2 Å². The number of ether oxygens (including phenoxy) is 1. The molecule has 0 spiro atoms. The Labute approximate surface area is 200 Å². The van der Waals surface area contributed by atoms with E-state index in [9.17, 15) is 19.7 Å². The molecular weight excluding hydrogens is 450 g/mol. The molecule has 2 aromatic heterocycles. The number of aromatic nitrogens is 3. The number of hydrogen-bond donors (Lipinski definition) is 1. The van der Waals surface area contributed by atoms with E-state index in [-0.39, 0.29) is 23.0 Å². The first kappa shape index (κ1) is 23.6. The summed E-state index contributed by atoms with van der Waals surface area (Å²) < 4.78 is 7.17. The van der Waals surface area contributed by atoms with Gasteiger partial charge in [0.2, 0.25) is 0 Å². The van der Waals surface area contributed by atoms with Crippen molar-refractivity contribution in [2.24, 2.45) is 0 Å². The van der Waals surface area contributed by atoms with Gasteiger partial charge in [-0.15, -0.1) is 0 Å². The van der Waals surface area contributed by atoms with E-state index in [1.807, 2.05) is 44.2 Å². The van der Waals surface area contributed by atoms with Gasteiger partial charge in [-0.3, -0.25) is 14.9 Å². The molecule has 10 heteroatoms. The van der Waals surface area contributed by atoms with Crippen LogP contribution in [0.4, 0.5) is 11.4 Å². The van der Waals surface area contributed by atoms with Crippen molar-refractivity contribution in [1.82, 2.24) is 14.8 Å². The molecule has 1 atom stereocenters. The van der Waals surface area contributed by atoms with Gasteiger partial charge in [0.1, 0.15) is 5.69 Å². The quantitative estimate of drug-likeness (QED) is 0.232. The van der Waals surface area contributed by atoms with Crippen molar-refractivity contribution in [3.8, 4) is 11.3 Å². The lowest BCUT2D eigenvalue weighted by atomic mass is 10.1. The summed E-state index contributed by atoms with van der Waals surface area (Å²) in [6.07, 6.45) is 0.331. The van der Waals surface area contributed by atoms with Crippen molar-refractivity contribution in [3.05, 3.63) is 82.5 Å². The average Bonchev–Trinajstić information content (AvgIpc) is 3.28. The van der Waals surface area contributed by atoms with E-state index in [4.69, 9.17) is 9.72 Å². The van der Waals surface area contributed by atoms with Gasteiger partial charge in [-0.1, -0.05) is 42.5 Å². The predicted molar refractivity (Wildman–Crippen MR) is 130 cm³/mol. The average molecular weight is 473 g/mol. The number of pyridine rings is 1. The Hall–Kier alpha value is -4.60. The van der Waals surface area contributed by atoms with Crippen LogP contribution in [0.1, 0.15) is 37.2 Å². The molecule has 4 aromatic rings. The molecule has 0 aliphatic rings. The predicted octanol–water partition coefficient (Wildman–Crippen LogP) is 4.77. The number of nitrogens with zero attached hydrogens (tertiary/aromatic N) is 4. The fourth-order valence-electron chi connectivity index (χ4n) is 3.57. The molecule has 178 valence electrons. The maximum atomic E-state index is 13.2. The SMILES string of the molecule is CC(OC(=O)c1cc(-c2ccccc2)nc2c1cnn2C(C)C)C(=O)Nc1ccccc1[N+](=O)[O-]. The van der Waals surface area contributed by atoms with E-state index in [0.717, 1.165) is 5.56 Å². The highest BCUT2D eigenvalue weighted by Gasteiger charge is 2.25. The lowest BCUT2D eigenvalue weighted by molar-refractivity contribution is -0.383. The second-order valence-corrected chi connectivity index (χ2v) is 8.15. The van der Waals surface area contributed by atoms with Gasteiger partial charge in [0.25, 0.3) is 11.6 Å².